The number of carbonyl (C=O) groups is 1. The molecule has 0 aromatic heterocycles. The smallest absolute Gasteiger partial charge is 0.161 e. The molecular weight excluding hydrogens is 164 g/mol. The van der Waals surface area contributed by atoms with E-state index in [9.17, 15) is 4.79 Å². The fraction of sp³-hybridized carbons (Fsp3) is 0.182. The molecular formula is C11H10O2. The standard InChI is InChI=1S/C11H10O2/c1-9(13)11-7-3-2-5-10(11)6-4-8-12/h2-3,5,7,12H,8H2,1H3. The molecule has 1 N–H and O–H groups in total. The largest absolute Gasteiger partial charge is 0.384 e. The molecule has 0 unspecified atom stereocenters. The van der Waals surface area contributed by atoms with Crippen LogP contribution in [-0.4, -0.2) is 17.5 Å². The summed E-state index contributed by atoms with van der Waals surface area (Å²) in [7, 11) is 0. The lowest BCUT2D eigenvalue weighted by Crippen LogP contribution is -1.95. The van der Waals surface area contributed by atoms with Crippen molar-refractivity contribution < 1.29 is 9.90 Å². The highest BCUT2D eigenvalue weighted by atomic mass is 16.2. The average Bonchev–Trinajstić information content (AvgIpc) is 2.15. The molecule has 0 atom stereocenters. The predicted molar refractivity (Wildman–Crippen MR) is 50.4 cm³/mol. The lowest BCUT2D eigenvalue weighted by molar-refractivity contribution is 0.101. The van der Waals surface area contributed by atoms with Crippen LogP contribution >= 0.6 is 0 Å². The van der Waals surface area contributed by atoms with E-state index in [4.69, 9.17) is 5.11 Å². The minimum absolute atomic E-state index is 0.0113. The van der Waals surface area contributed by atoms with Crippen molar-refractivity contribution in [2.24, 2.45) is 0 Å². The fourth-order valence-electron chi connectivity index (χ4n) is 1.03. The fourth-order valence-corrected chi connectivity index (χ4v) is 1.03. The number of aliphatic hydroxyl groups is 1. The van der Waals surface area contributed by atoms with Crippen LogP contribution in [0.4, 0.5) is 0 Å². The average molecular weight is 174 g/mol. The Bertz CT molecular complexity index is 369. The molecule has 0 aliphatic rings. The summed E-state index contributed by atoms with van der Waals surface area (Å²) in [5.41, 5.74) is 1.27. The molecule has 0 aliphatic heterocycles. The first kappa shape index (κ1) is 9.50. The highest BCUT2D eigenvalue weighted by molar-refractivity contribution is 5.96. The van der Waals surface area contributed by atoms with Crippen molar-refractivity contribution in [3.05, 3.63) is 35.4 Å². The minimum Gasteiger partial charge on any atom is -0.384 e. The van der Waals surface area contributed by atoms with Gasteiger partial charge in [0.25, 0.3) is 0 Å². The van der Waals surface area contributed by atoms with E-state index in [1.54, 1.807) is 18.2 Å². The molecule has 0 amide bonds. The van der Waals surface area contributed by atoms with Gasteiger partial charge in [0.05, 0.1) is 0 Å². The van der Waals surface area contributed by atoms with Crippen LogP contribution in [0.2, 0.25) is 0 Å². The zero-order chi connectivity index (χ0) is 9.68. The van der Waals surface area contributed by atoms with Gasteiger partial charge in [-0.3, -0.25) is 4.79 Å². The summed E-state index contributed by atoms with van der Waals surface area (Å²) < 4.78 is 0. The molecule has 0 saturated carbocycles. The first-order valence-electron chi connectivity index (χ1n) is 3.95. The molecule has 0 aliphatic carbocycles. The van der Waals surface area contributed by atoms with Gasteiger partial charge in [0.2, 0.25) is 0 Å². The Morgan fingerprint density at radius 2 is 2.15 bits per heavy atom. The van der Waals surface area contributed by atoms with Gasteiger partial charge in [-0.2, -0.15) is 0 Å². The Hall–Kier alpha value is -1.59. The van der Waals surface area contributed by atoms with Crippen LogP contribution in [0.3, 0.4) is 0 Å². The summed E-state index contributed by atoms with van der Waals surface area (Å²) in [6, 6.07) is 7.10. The first-order chi connectivity index (χ1) is 6.25. The van der Waals surface area contributed by atoms with Gasteiger partial charge in [0.15, 0.2) is 5.78 Å². The first-order valence-corrected chi connectivity index (χ1v) is 3.95. The second kappa shape index (κ2) is 4.44. The van der Waals surface area contributed by atoms with Crippen LogP contribution in [0, 0.1) is 11.8 Å². The van der Waals surface area contributed by atoms with Gasteiger partial charge in [0.1, 0.15) is 6.61 Å². The third-order valence-electron chi connectivity index (χ3n) is 1.61. The van der Waals surface area contributed by atoms with Crippen molar-refractivity contribution in [3.8, 4) is 11.8 Å². The van der Waals surface area contributed by atoms with E-state index in [0.29, 0.717) is 11.1 Å². The van der Waals surface area contributed by atoms with Gasteiger partial charge in [-0.1, -0.05) is 30.0 Å². The van der Waals surface area contributed by atoms with Crippen LogP contribution in [-0.2, 0) is 0 Å². The number of ketones is 1. The molecule has 2 nitrogen and oxygen atoms in total. The molecule has 66 valence electrons. The highest BCUT2D eigenvalue weighted by Gasteiger charge is 2.02. The number of benzene rings is 1. The Labute approximate surface area is 77.2 Å². The molecule has 0 spiro atoms. The van der Waals surface area contributed by atoms with E-state index >= 15 is 0 Å². The third kappa shape index (κ3) is 2.43. The van der Waals surface area contributed by atoms with Gasteiger partial charge in [-0.15, -0.1) is 0 Å². The van der Waals surface area contributed by atoms with Gasteiger partial charge in [-0.25, -0.2) is 0 Å². The Balaban J connectivity index is 3.12. The number of aliphatic hydroxyl groups excluding tert-OH is 1. The third-order valence-corrected chi connectivity index (χ3v) is 1.61. The zero-order valence-electron chi connectivity index (χ0n) is 7.37. The molecule has 1 aromatic carbocycles. The van der Waals surface area contributed by atoms with Crippen LogP contribution in [0.15, 0.2) is 24.3 Å². The van der Waals surface area contributed by atoms with Gasteiger partial charge in [0, 0.05) is 11.1 Å². The lowest BCUT2D eigenvalue weighted by Gasteiger charge is -1.97. The van der Waals surface area contributed by atoms with E-state index in [1.807, 2.05) is 6.07 Å². The SMILES string of the molecule is CC(=O)c1ccccc1C#CCO. The molecule has 1 aromatic rings. The Morgan fingerprint density at radius 3 is 2.77 bits per heavy atom. The summed E-state index contributed by atoms with van der Waals surface area (Å²) in [5.74, 6) is 5.23. The van der Waals surface area contributed by atoms with Crippen molar-refractivity contribution in [1.29, 1.82) is 0 Å². The Morgan fingerprint density at radius 1 is 1.46 bits per heavy atom. The number of Topliss-reactive ketones (excluding diaryl/α,β-unsaturated/α-hetero) is 1. The van der Waals surface area contributed by atoms with Crippen molar-refractivity contribution in [2.45, 2.75) is 6.92 Å². The number of hydrogen-bond donors (Lipinski definition) is 1. The normalized spacial score (nSPS) is 8.77. The lowest BCUT2D eigenvalue weighted by atomic mass is 10.1. The van der Waals surface area contributed by atoms with Gasteiger partial charge < -0.3 is 5.11 Å². The van der Waals surface area contributed by atoms with Gasteiger partial charge in [-0.05, 0) is 13.0 Å². The number of rotatable bonds is 1. The van der Waals surface area contributed by atoms with E-state index in [0.717, 1.165) is 0 Å². The number of carbonyl (C=O) groups excluding carboxylic acids is 1. The summed E-state index contributed by atoms with van der Waals surface area (Å²) in [5, 5.41) is 8.50. The molecule has 0 bridgehead atoms. The summed E-state index contributed by atoms with van der Waals surface area (Å²) >= 11 is 0. The van der Waals surface area contributed by atoms with Gasteiger partial charge >= 0.3 is 0 Å². The van der Waals surface area contributed by atoms with Crippen LogP contribution < -0.4 is 0 Å². The van der Waals surface area contributed by atoms with E-state index < -0.39 is 0 Å². The second-order valence-electron chi connectivity index (χ2n) is 2.56. The topological polar surface area (TPSA) is 37.3 Å². The van der Waals surface area contributed by atoms with Crippen LogP contribution in [0.25, 0.3) is 0 Å². The maximum atomic E-state index is 11.1. The minimum atomic E-state index is -0.188. The van der Waals surface area contributed by atoms with E-state index in [2.05, 4.69) is 11.8 Å². The predicted octanol–water partition coefficient (Wildman–Crippen LogP) is 1.23. The van der Waals surface area contributed by atoms with Crippen LogP contribution in [0.1, 0.15) is 22.8 Å². The maximum absolute atomic E-state index is 11.1. The highest BCUT2D eigenvalue weighted by Crippen LogP contribution is 2.07. The maximum Gasteiger partial charge on any atom is 0.161 e. The molecule has 2 heteroatoms. The molecule has 13 heavy (non-hydrogen) atoms. The van der Waals surface area contributed by atoms with Crippen LogP contribution in [0.5, 0.6) is 0 Å². The van der Waals surface area contributed by atoms with Crippen molar-refractivity contribution in [3.63, 3.8) is 0 Å². The van der Waals surface area contributed by atoms with Crippen molar-refractivity contribution in [1.82, 2.24) is 0 Å². The summed E-state index contributed by atoms with van der Waals surface area (Å²) in [4.78, 5) is 11.1. The quantitative estimate of drug-likeness (QED) is 0.513. The number of hydrogen-bond acceptors (Lipinski definition) is 2. The monoisotopic (exact) mass is 174 g/mol. The van der Waals surface area contributed by atoms with E-state index in [-0.39, 0.29) is 12.4 Å². The summed E-state index contributed by atoms with van der Waals surface area (Å²) in [6.07, 6.45) is 0. The molecule has 0 fully saturated rings. The molecule has 0 heterocycles. The Kier molecular flexibility index (Phi) is 3.24. The summed E-state index contributed by atoms with van der Waals surface area (Å²) in [6.45, 7) is 1.31. The van der Waals surface area contributed by atoms with Crippen molar-refractivity contribution in [2.75, 3.05) is 6.61 Å². The second-order valence-corrected chi connectivity index (χ2v) is 2.56. The van der Waals surface area contributed by atoms with E-state index in [1.165, 1.54) is 6.92 Å². The molecule has 0 radical (unpaired) electrons. The zero-order valence-corrected chi connectivity index (χ0v) is 7.37. The van der Waals surface area contributed by atoms with Crippen molar-refractivity contribution >= 4 is 5.78 Å². The molecule has 1 rings (SSSR count). The molecule has 0 saturated heterocycles.